The molecule has 2 aromatic rings. The number of aryl methyl sites for hydroxylation is 2. The van der Waals surface area contributed by atoms with Gasteiger partial charge in [0.25, 0.3) is 5.91 Å². The predicted molar refractivity (Wildman–Crippen MR) is 105 cm³/mol. The summed E-state index contributed by atoms with van der Waals surface area (Å²) in [4.78, 5) is 28.4. The highest BCUT2D eigenvalue weighted by Gasteiger charge is 2.27. The van der Waals surface area contributed by atoms with E-state index in [0.29, 0.717) is 0 Å². The highest BCUT2D eigenvalue weighted by atomic mass is 32.1. The van der Waals surface area contributed by atoms with E-state index < -0.39 is 0 Å². The Balaban J connectivity index is 2.04. The van der Waals surface area contributed by atoms with E-state index in [9.17, 15) is 4.79 Å². The maximum atomic E-state index is 13.1. The third-order valence-electron chi connectivity index (χ3n) is 5.21. The number of anilines is 1. The minimum atomic E-state index is 0.163. The molecule has 6 heteroatoms. The average Bonchev–Trinajstić information content (AvgIpc) is 2.92. The van der Waals surface area contributed by atoms with Gasteiger partial charge in [-0.15, -0.1) is 11.3 Å². The van der Waals surface area contributed by atoms with Crippen molar-refractivity contribution in [2.24, 2.45) is 5.92 Å². The fourth-order valence-electron chi connectivity index (χ4n) is 3.53. The average molecular weight is 361 g/mol. The summed E-state index contributed by atoms with van der Waals surface area (Å²) in [6.45, 7) is 14.0. The maximum absolute atomic E-state index is 13.1. The van der Waals surface area contributed by atoms with Crippen LogP contribution in [0.1, 0.15) is 54.7 Å². The summed E-state index contributed by atoms with van der Waals surface area (Å²) >= 11 is 1.52. The van der Waals surface area contributed by atoms with E-state index in [-0.39, 0.29) is 5.91 Å². The molecule has 1 aliphatic rings. The number of carbonyl (C=O) groups is 1. The monoisotopic (exact) mass is 360 g/mol. The molecule has 1 aliphatic heterocycles. The predicted octanol–water partition coefficient (Wildman–Crippen LogP) is 4.03. The van der Waals surface area contributed by atoms with Gasteiger partial charge in [-0.25, -0.2) is 9.97 Å². The number of aromatic nitrogens is 2. The van der Waals surface area contributed by atoms with Crippen LogP contribution in [-0.4, -0.2) is 47.0 Å². The van der Waals surface area contributed by atoms with Crippen molar-refractivity contribution >= 4 is 33.3 Å². The van der Waals surface area contributed by atoms with Gasteiger partial charge in [-0.3, -0.25) is 4.79 Å². The van der Waals surface area contributed by atoms with Crippen molar-refractivity contribution in [2.75, 3.05) is 31.1 Å². The zero-order chi connectivity index (χ0) is 18.1. The van der Waals surface area contributed by atoms with E-state index in [1.54, 1.807) is 0 Å². The molecule has 3 heterocycles. The number of amides is 1. The van der Waals surface area contributed by atoms with Gasteiger partial charge >= 0.3 is 0 Å². The molecule has 0 N–H and O–H groups in total. The lowest BCUT2D eigenvalue weighted by Crippen LogP contribution is -2.37. The van der Waals surface area contributed by atoms with Crippen LogP contribution in [0.3, 0.4) is 0 Å². The van der Waals surface area contributed by atoms with Gasteiger partial charge in [0.2, 0.25) is 0 Å². The van der Waals surface area contributed by atoms with Gasteiger partial charge in [-0.05, 0) is 52.0 Å². The molecular formula is C19H28N4OS. The van der Waals surface area contributed by atoms with Crippen LogP contribution in [-0.2, 0) is 0 Å². The molecule has 0 spiro atoms. The Morgan fingerprint density at radius 1 is 1.20 bits per heavy atom. The number of carbonyl (C=O) groups excluding carboxylic acids is 1. The van der Waals surface area contributed by atoms with Crippen molar-refractivity contribution in [1.29, 1.82) is 0 Å². The molecule has 0 saturated carbocycles. The second-order valence-electron chi connectivity index (χ2n) is 6.98. The van der Waals surface area contributed by atoms with Crippen molar-refractivity contribution in [2.45, 2.75) is 47.5 Å². The molecule has 1 amide bonds. The van der Waals surface area contributed by atoms with Gasteiger partial charge in [0.15, 0.2) is 0 Å². The Labute approximate surface area is 154 Å². The molecule has 5 nitrogen and oxygen atoms in total. The molecular weight excluding hydrogens is 332 g/mol. The Morgan fingerprint density at radius 3 is 2.44 bits per heavy atom. The van der Waals surface area contributed by atoms with Crippen LogP contribution in [0.2, 0.25) is 0 Å². The summed E-state index contributed by atoms with van der Waals surface area (Å²) in [6.07, 6.45) is 2.19. The largest absolute Gasteiger partial charge is 0.357 e. The van der Waals surface area contributed by atoms with E-state index in [0.717, 1.165) is 77.2 Å². The fourth-order valence-corrected chi connectivity index (χ4v) is 4.72. The van der Waals surface area contributed by atoms with Crippen LogP contribution in [0.15, 0.2) is 0 Å². The second-order valence-corrected chi connectivity index (χ2v) is 7.98. The zero-order valence-corrected chi connectivity index (χ0v) is 16.7. The van der Waals surface area contributed by atoms with Crippen molar-refractivity contribution < 1.29 is 4.79 Å². The topological polar surface area (TPSA) is 49.3 Å². The van der Waals surface area contributed by atoms with E-state index >= 15 is 0 Å². The lowest BCUT2D eigenvalue weighted by molar-refractivity contribution is 0.0701. The van der Waals surface area contributed by atoms with Crippen LogP contribution >= 0.6 is 11.3 Å². The normalized spacial score (nSPS) is 15.8. The first-order valence-corrected chi connectivity index (χ1v) is 10.1. The molecule has 0 aromatic carbocycles. The third-order valence-corrected chi connectivity index (χ3v) is 6.38. The van der Waals surface area contributed by atoms with Gasteiger partial charge in [0, 0.05) is 26.2 Å². The highest BCUT2D eigenvalue weighted by molar-refractivity contribution is 7.20. The minimum Gasteiger partial charge on any atom is -0.357 e. The Bertz CT molecular complexity index is 773. The fraction of sp³-hybridized carbons (Fsp3) is 0.632. The van der Waals surface area contributed by atoms with E-state index in [1.165, 1.54) is 11.3 Å². The number of fused-ring (bicyclic) bond motifs is 1. The number of likely N-dealkylation sites (tertiary alicyclic amines) is 1. The lowest BCUT2D eigenvalue weighted by Gasteiger charge is -2.30. The molecule has 0 bridgehead atoms. The number of hydrogen-bond donors (Lipinski definition) is 0. The summed E-state index contributed by atoms with van der Waals surface area (Å²) in [5.74, 6) is 2.61. The van der Waals surface area contributed by atoms with Gasteiger partial charge in [-0.1, -0.05) is 6.92 Å². The molecule has 1 saturated heterocycles. The van der Waals surface area contributed by atoms with Gasteiger partial charge in [0.05, 0.1) is 10.3 Å². The van der Waals surface area contributed by atoms with E-state index in [4.69, 9.17) is 4.98 Å². The van der Waals surface area contributed by atoms with E-state index in [2.05, 4.69) is 30.7 Å². The van der Waals surface area contributed by atoms with E-state index in [1.807, 2.05) is 18.7 Å². The molecule has 0 unspecified atom stereocenters. The maximum Gasteiger partial charge on any atom is 0.264 e. The molecule has 0 radical (unpaired) electrons. The summed E-state index contributed by atoms with van der Waals surface area (Å²) in [5.41, 5.74) is 1.03. The number of hydrogen-bond acceptors (Lipinski definition) is 5. The molecule has 0 aliphatic carbocycles. The molecule has 3 rings (SSSR count). The molecule has 2 aromatic heterocycles. The van der Waals surface area contributed by atoms with Gasteiger partial charge in [0.1, 0.15) is 16.5 Å². The first-order chi connectivity index (χ1) is 12.0. The van der Waals surface area contributed by atoms with Crippen molar-refractivity contribution in [3.63, 3.8) is 0 Å². The Morgan fingerprint density at radius 2 is 1.84 bits per heavy atom. The third kappa shape index (κ3) is 3.36. The summed E-state index contributed by atoms with van der Waals surface area (Å²) in [5, 5.41) is 1.05. The number of piperidine rings is 1. The Kier molecular flexibility index (Phi) is 5.27. The zero-order valence-electron chi connectivity index (χ0n) is 15.9. The van der Waals surface area contributed by atoms with Crippen LogP contribution in [0.25, 0.3) is 10.2 Å². The molecule has 25 heavy (non-hydrogen) atoms. The summed E-state index contributed by atoms with van der Waals surface area (Å²) < 4.78 is 0. The second kappa shape index (κ2) is 7.28. The summed E-state index contributed by atoms with van der Waals surface area (Å²) in [6, 6.07) is 0. The van der Waals surface area contributed by atoms with Crippen LogP contribution in [0.5, 0.6) is 0 Å². The van der Waals surface area contributed by atoms with Crippen molar-refractivity contribution in [1.82, 2.24) is 14.9 Å². The Hall–Kier alpha value is -1.69. The van der Waals surface area contributed by atoms with Crippen molar-refractivity contribution in [3.05, 3.63) is 16.3 Å². The molecule has 136 valence electrons. The van der Waals surface area contributed by atoms with Gasteiger partial charge < -0.3 is 9.80 Å². The quantitative estimate of drug-likeness (QED) is 0.826. The number of nitrogens with zero attached hydrogens (tertiary/aromatic N) is 4. The molecule has 1 fully saturated rings. The summed E-state index contributed by atoms with van der Waals surface area (Å²) in [7, 11) is 0. The SMILES string of the molecule is CCN(CC)c1nc(C)nc2sc(C(=O)N3CCC(C)CC3)c(C)c12. The lowest BCUT2D eigenvalue weighted by atomic mass is 9.99. The van der Waals surface area contributed by atoms with Crippen LogP contribution in [0.4, 0.5) is 5.82 Å². The highest BCUT2D eigenvalue weighted by Crippen LogP contribution is 2.36. The number of rotatable bonds is 4. The van der Waals surface area contributed by atoms with Gasteiger partial charge in [-0.2, -0.15) is 0 Å². The molecule has 0 atom stereocenters. The van der Waals surface area contributed by atoms with Crippen LogP contribution in [0, 0.1) is 19.8 Å². The smallest absolute Gasteiger partial charge is 0.264 e. The first-order valence-electron chi connectivity index (χ1n) is 9.28. The van der Waals surface area contributed by atoms with Crippen molar-refractivity contribution in [3.8, 4) is 0 Å². The minimum absolute atomic E-state index is 0.163. The standard InChI is InChI=1S/C19H28N4OS/c1-6-22(7-2)17-15-13(4)16(25-18(15)21-14(5)20-17)19(24)23-10-8-12(3)9-11-23/h12H,6-11H2,1-5H3. The first kappa shape index (κ1) is 18.1. The van der Waals surface area contributed by atoms with Crippen LogP contribution < -0.4 is 4.90 Å². The number of thiophene rings is 1.